The van der Waals surface area contributed by atoms with Crippen molar-refractivity contribution in [3.63, 3.8) is 0 Å². The zero-order chi connectivity index (χ0) is 16.6. The van der Waals surface area contributed by atoms with E-state index >= 15 is 0 Å². The monoisotopic (exact) mass is 317 g/mol. The summed E-state index contributed by atoms with van der Waals surface area (Å²) in [5.74, 6) is 0. The third kappa shape index (κ3) is 4.46. The Bertz CT molecular complexity index is 841. The van der Waals surface area contributed by atoms with Crippen molar-refractivity contribution in [2.45, 2.75) is 6.61 Å². The van der Waals surface area contributed by atoms with Gasteiger partial charge in [0.15, 0.2) is 0 Å². The van der Waals surface area contributed by atoms with E-state index in [1.165, 1.54) is 10.8 Å². The maximum Gasteiger partial charge on any atom is 0.407 e. The molecule has 0 atom stereocenters. The molecular weight excluding hydrogens is 298 g/mol. The highest BCUT2D eigenvalue weighted by atomic mass is 16.5. The summed E-state index contributed by atoms with van der Waals surface area (Å²) in [6.07, 6.45) is 3.49. The highest BCUT2D eigenvalue weighted by molar-refractivity contribution is 5.84. The molecule has 0 radical (unpaired) electrons. The fraction of sp³-hybridized carbons (Fsp3) is 0.0952. The summed E-state index contributed by atoms with van der Waals surface area (Å²) < 4.78 is 5.15. The van der Waals surface area contributed by atoms with Crippen LogP contribution < -0.4 is 5.32 Å². The Hall–Kier alpha value is -3.07. The van der Waals surface area contributed by atoms with Crippen molar-refractivity contribution < 1.29 is 9.53 Å². The molecule has 3 heteroatoms. The number of ether oxygens (including phenoxy) is 1. The summed E-state index contributed by atoms with van der Waals surface area (Å²) in [5.41, 5.74) is 2.08. The number of hydrogen-bond acceptors (Lipinski definition) is 2. The summed E-state index contributed by atoms with van der Waals surface area (Å²) >= 11 is 0. The first-order chi connectivity index (χ1) is 11.8. The molecule has 3 rings (SSSR count). The lowest BCUT2D eigenvalue weighted by Gasteiger charge is -2.05. The van der Waals surface area contributed by atoms with E-state index in [0.717, 1.165) is 11.1 Å². The fourth-order valence-corrected chi connectivity index (χ4v) is 2.42. The molecule has 0 saturated carbocycles. The molecule has 0 aliphatic rings. The summed E-state index contributed by atoms with van der Waals surface area (Å²) in [6.45, 7) is 0.710. The molecule has 3 aromatic rings. The second-order valence-corrected chi connectivity index (χ2v) is 5.45. The second kappa shape index (κ2) is 7.97. The lowest BCUT2D eigenvalue weighted by molar-refractivity contribution is 0.141. The van der Waals surface area contributed by atoms with Crippen molar-refractivity contribution in [3.8, 4) is 0 Å². The molecule has 0 unspecified atom stereocenters. The van der Waals surface area contributed by atoms with E-state index in [0.29, 0.717) is 6.54 Å². The molecule has 120 valence electrons. The Balaban J connectivity index is 1.46. The van der Waals surface area contributed by atoms with Gasteiger partial charge in [0.1, 0.15) is 6.61 Å². The largest absolute Gasteiger partial charge is 0.445 e. The maximum absolute atomic E-state index is 11.6. The van der Waals surface area contributed by atoms with Crippen molar-refractivity contribution in [3.05, 3.63) is 90.0 Å². The SMILES string of the molecule is O=C(NCC=Cc1ccc2ccccc2c1)OCc1ccccc1. The molecule has 0 aliphatic heterocycles. The predicted molar refractivity (Wildman–Crippen MR) is 97.6 cm³/mol. The molecule has 1 amide bonds. The van der Waals surface area contributed by atoms with Crippen LogP contribution in [0.15, 0.2) is 78.9 Å². The van der Waals surface area contributed by atoms with E-state index in [4.69, 9.17) is 4.74 Å². The number of amides is 1. The zero-order valence-electron chi connectivity index (χ0n) is 13.3. The van der Waals surface area contributed by atoms with Gasteiger partial charge in [-0.15, -0.1) is 0 Å². The quantitative estimate of drug-likeness (QED) is 0.735. The maximum atomic E-state index is 11.6. The summed E-state index contributed by atoms with van der Waals surface area (Å²) in [7, 11) is 0. The molecule has 0 bridgehead atoms. The highest BCUT2D eigenvalue weighted by Crippen LogP contribution is 2.16. The van der Waals surface area contributed by atoms with Crippen LogP contribution in [0.4, 0.5) is 4.79 Å². The Morgan fingerprint density at radius 2 is 1.67 bits per heavy atom. The number of hydrogen-bond donors (Lipinski definition) is 1. The molecule has 0 saturated heterocycles. The molecule has 0 spiro atoms. The first-order valence-corrected chi connectivity index (χ1v) is 7.91. The molecule has 0 aliphatic carbocycles. The lowest BCUT2D eigenvalue weighted by atomic mass is 10.1. The minimum absolute atomic E-state index is 0.279. The molecule has 0 heterocycles. The van der Waals surface area contributed by atoms with Gasteiger partial charge in [-0.1, -0.05) is 78.9 Å². The topological polar surface area (TPSA) is 38.3 Å². The minimum atomic E-state index is -0.415. The zero-order valence-corrected chi connectivity index (χ0v) is 13.3. The normalized spacial score (nSPS) is 10.8. The fourth-order valence-electron chi connectivity index (χ4n) is 2.42. The van der Waals surface area contributed by atoms with Crippen molar-refractivity contribution in [2.24, 2.45) is 0 Å². The van der Waals surface area contributed by atoms with Gasteiger partial charge in [0.2, 0.25) is 0 Å². The van der Waals surface area contributed by atoms with E-state index in [-0.39, 0.29) is 6.61 Å². The molecule has 1 N–H and O–H groups in total. The first kappa shape index (κ1) is 15.8. The standard InChI is InChI=1S/C21H19NO2/c23-21(24-16-18-7-2-1-3-8-18)22-14-6-9-17-12-13-19-10-4-5-11-20(19)15-17/h1-13,15H,14,16H2,(H,22,23). The van der Waals surface area contributed by atoms with Crippen LogP contribution in [-0.4, -0.2) is 12.6 Å². The number of nitrogens with one attached hydrogen (secondary N) is 1. The Labute approximate surface area is 141 Å². The van der Waals surface area contributed by atoms with Gasteiger partial charge in [-0.3, -0.25) is 0 Å². The third-order valence-electron chi connectivity index (χ3n) is 3.66. The van der Waals surface area contributed by atoms with Crippen LogP contribution in [0.1, 0.15) is 11.1 Å². The average Bonchev–Trinajstić information content (AvgIpc) is 2.64. The molecule has 0 aromatic heterocycles. The van der Waals surface area contributed by atoms with Crippen LogP contribution in [-0.2, 0) is 11.3 Å². The van der Waals surface area contributed by atoms with Gasteiger partial charge in [0, 0.05) is 6.54 Å². The van der Waals surface area contributed by atoms with E-state index in [1.54, 1.807) is 0 Å². The van der Waals surface area contributed by atoms with Crippen LogP contribution >= 0.6 is 0 Å². The molecule has 24 heavy (non-hydrogen) atoms. The average molecular weight is 317 g/mol. The molecule has 3 nitrogen and oxygen atoms in total. The van der Waals surface area contributed by atoms with Crippen molar-refractivity contribution >= 4 is 22.9 Å². The van der Waals surface area contributed by atoms with Gasteiger partial charge in [0.05, 0.1) is 0 Å². The molecular formula is C21H19NO2. The Kier molecular flexibility index (Phi) is 5.25. The van der Waals surface area contributed by atoms with Crippen LogP contribution in [0.5, 0.6) is 0 Å². The van der Waals surface area contributed by atoms with E-state index < -0.39 is 6.09 Å². The molecule has 3 aromatic carbocycles. The Morgan fingerprint density at radius 3 is 2.50 bits per heavy atom. The first-order valence-electron chi connectivity index (χ1n) is 7.91. The smallest absolute Gasteiger partial charge is 0.407 e. The minimum Gasteiger partial charge on any atom is -0.445 e. The van der Waals surface area contributed by atoms with E-state index in [9.17, 15) is 4.79 Å². The van der Waals surface area contributed by atoms with Crippen LogP contribution in [0.25, 0.3) is 16.8 Å². The van der Waals surface area contributed by atoms with Gasteiger partial charge in [0.25, 0.3) is 0 Å². The summed E-state index contributed by atoms with van der Waals surface area (Å²) in [4.78, 5) is 11.6. The van der Waals surface area contributed by atoms with Crippen molar-refractivity contribution in [2.75, 3.05) is 6.54 Å². The van der Waals surface area contributed by atoms with Crippen LogP contribution in [0.2, 0.25) is 0 Å². The number of benzene rings is 3. The van der Waals surface area contributed by atoms with Crippen molar-refractivity contribution in [1.29, 1.82) is 0 Å². The van der Waals surface area contributed by atoms with Crippen LogP contribution in [0.3, 0.4) is 0 Å². The number of alkyl carbamates (subject to hydrolysis) is 1. The summed E-state index contributed by atoms with van der Waals surface area (Å²) in [6, 6.07) is 24.1. The predicted octanol–water partition coefficient (Wildman–Crippen LogP) is 4.78. The number of carbonyl (C=O) groups excluding carboxylic acids is 1. The summed E-state index contributed by atoms with van der Waals surface area (Å²) in [5, 5.41) is 5.14. The Morgan fingerprint density at radius 1 is 0.917 bits per heavy atom. The van der Waals surface area contributed by atoms with Crippen LogP contribution in [0, 0.1) is 0 Å². The highest BCUT2D eigenvalue weighted by Gasteiger charge is 2.00. The molecule has 0 fully saturated rings. The van der Waals surface area contributed by atoms with Gasteiger partial charge in [-0.25, -0.2) is 4.79 Å². The third-order valence-corrected chi connectivity index (χ3v) is 3.66. The second-order valence-electron chi connectivity index (χ2n) is 5.45. The van der Waals surface area contributed by atoms with E-state index in [2.05, 4.69) is 35.6 Å². The van der Waals surface area contributed by atoms with Gasteiger partial charge in [-0.2, -0.15) is 0 Å². The van der Waals surface area contributed by atoms with E-state index in [1.807, 2.05) is 54.6 Å². The van der Waals surface area contributed by atoms with Gasteiger partial charge < -0.3 is 10.1 Å². The van der Waals surface area contributed by atoms with Crippen molar-refractivity contribution in [1.82, 2.24) is 5.32 Å². The number of rotatable bonds is 5. The number of fused-ring (bicyclic) bond motifs is 1. The lowest BCUT2D eigenvalue weighted by Crippen LogP contribution is -2.24. The van der Waals surface area contributed by atoms with Gasteiger partial charge >= 0.3 is 6.09 Å². The number of carbonyl (C=O) groups is 1. The van der Waals surface area contributed by atoms with Gasteiger partial charge in [-0.05, 0) is 28.0 Å².